The number of carbonyl (C=O) groups is 2. The zero-order chi connectivity index (χ0) is 18.6. The number of para-hydroxylation sites is 1. The molecule has 0 saturated carbocycles. The Labute approximate surface area is 151 Å². The van der Waals surface area contributed by atoms with Crippen LogP contribution in [0.25, 0.3) is 5.69 Å². The summed E-state index contributed by atoms with van der Waals surface area (Å²) in [5, 5.41) is 7.11. The summed E-state index contributed by atoms with van der Waals surface area (Å²) >= 11 is 6.17. The van der Waals surface area contributed by atoms with E-state index >= 15 is 0 Å². The Kier molecular flexibility index (Phi) is 5.69. The van der Waals surface area contributed by atoms with E-state index < -0.39 is 11.5 Å². The SMILES string of the molecule is CN(C)C(=O)CNC(=O)C(C)(C)Oc1nn(-c2ccccc2)cc1Cl. The lowest BCUT2D eigenvalue weighted by Gasteiger charge is -2.24. The molecule has 2 rings (SSSR count). The van der Waals surface area contributed by atoms with Crippen molar-refractivity contribution in [1.82, 2.24) is 20.0 Å². The molecule has 1 aromatic carbocycles. The molecule has 134 valence electrons. The van der Waals surface area contributed by atoms with E-state index in [-0.39, 0.29) is 23.4 Å². The van der Waals surface area contributed by atoms with Gasteiger partial charge in [0.2, 0.25) is 5.91 Å². The molecule has 0 aliphatic heterocycles. The molecule has 0 aliphatic rings. The fourth-order valence-corrected chi connectivity index (χ4v) is 2.10. The summed E-state index contributed by atoms with van der Waals surface area (Å²) in [5.74, 6) is -0.506. The van der Waals surface area contributed by atoms with Gasteiger partial charge in [-0.3, -0.25) is 9.59 Å². The second kappa shape index (κ2) is 7.57. The Bertz CT molecular complexity index is 757. The van der Waals surface area contributed by atoms with Gasteiger partial charge in [0, 0.05) is 14.1 Å². The van der Waals surface area contributed by atoms with Crippen LogP contribution in [0.2, 0.25) is 5.02 Å². The van der Waals surface area contributed by atoms with Crippen molar-refractivity contribution < 1.29 is 14.3 Å². The minimum Gasteiger partial charge on any atom is -0.459 e. The van der Waals surface area contributed by atoms with Gasteiger partial charge >= 0.3 is 0 Å². The number of hydrogen-bond acceptors (Lipinski definition) is 4. The third kappa shape index (κ3) is 4.73. The first-order chi connectivity index (χ1) is 11.7. The molecule has 1 N–H and O–H groups in total. The molecule has 0 aliphatic carbocycles. The standard InChI is InChI=1S/C17H21ClN4O3/c1-17(2,16(24)19-10-14(23)21(3)4)25-15-13(18)11-22(20-15)12-8-6-5-7-9-12/h5-9,11H,10H2,1-4H3,(H,19,24). The van der Waals surface area contributed by atoms with Crippen molar-refractivity contribution >= 4 is 23.4 Å². The summed E-state index contributed by atoms with van der Waals surface area (Å²) in [6.45, 7) is 3.06. The van der Waals surface area contributed by atoms with Crippen LogP contribution in [0.5, 0.6) is 5.88 Å². The summed E-state index contributed by atoms with van der Waals surface area (Å²) in [4.78, 5) is 25.3. The van der Waals surface area contributed by atoms with Crippen LogP contribution in [0.1, 0.15) is 13.8 Å². The number of carbonyl (C=O) groups excluding carboxylic acids is 2. The number of nitrogens with one attached hydrogen (secondary N) is 1. The molecular weight excluding hydrogens is 344 g/mol. The lowest BCUT2D eigenvalue weighted by Crippen LogP contribution is -2.49. The van der Waals surface area contributed by atoms with Crippen molar-refractivity contribution in [2.24, 2.45) is 0 Å². The highest BCUT2D eigenvalue weighted by Crippen LogP contribution is 2.27. The molecule has 0 spiro atoms. The molecule has 8 heteroatoms. The molecule has 1 heterocycles. The molecule has 1 aromatic heterocycles. The predicted molar refractivity (Wildman–Crippen MR) is 95.0 cm³/mol. The van der Waals surface area contributed by atoms with E-state index in [2.05, 4.69) is 10.4 Å². The number of halogens is 1. The van der Waals surface area contributed by atoms with Crippen LogP contribution in [0.3, 0.4) is 0 Å². The highest BCUT2D eigenvalue weighted by Gasteiger charge is 2.32. The highest BCUT2D eigenvalue weighted by atomic mass is 35.5. The average molecular weight is 365 g/mol. The first-order valence-electron chi connectivity index (χ1n) is 7.69. The number of aromatic nitrogens is 2. The second-order valence-corrected chi connectivity index (χ2v) is 6.55. The fourth-order valence-electron chi connectivity index (χ4n) is 1.93. The van der Waals surface area contributed by atoms with Crippen LogP contribution in [0, 0.1) is 0 Å². The van der Waals surface area contributed by atoms with Crippen LogP contribution >= 0.6 is 11.6 Å². The quantitative estimate of drug-likeness (QED) is 0.849. The number of ether oxygens (including phenoxy) is 1. The van der Waals surface area contributed by atoms with Crippen LogP contribution in [-0.4, -0.2) is 52.7 Å². The van der Waals surface area contributed by atoms with E-state index in [1.165, 1.54) is 4.90 Å². The van der Waals surface area contributed by atoms with E-state index in [4.69, 9.17) is 16.3 Å². The van der Waals surface area contributed by atoms with Crippen LogP contribution in [0.15, 0.2) is 36.5 Å². The maximum atomic E-state index is 12.3. The zero-order valence-electron chi connectivity index (χ0n) is 14.6. The van der Waals surface area contributed by atoms with Gasteiger partial charge in [-0.25, -0.2) is 4.68 Å². The molecule has 0 unspecified atom stereocenters. The lowest BCUT2D eigenvalue weighted by atomic mass is 10.1. The lowest BCUT2D eigenvalue weighted by molar-refractivity contribution is -0.137. The maximum Gasteiger partial charge on any atom is 0.264 e. The summed E-state index contributed by atoms with van der Waals surface area (Å²) in [6.07, 6.45) is 1.61. The largest absolute Gasteiger partial charge is 0.459 e. The molecule has 0 fully saturated rings. The number of rotatable bonds is 6. The van der Waals surface area contributed by atoms with Gasteiger partial charge in [0.15, 0.2) is 5.60 Å². The smallest absolute Gasteiger partial charge is 0.264 e. The maximum absolute atomic E-state index is 12.3. The summed E-state index contributed by atoms with van der Waals surface area (Å²) < 4.78 is 7.26. The van der Waals surface area contributed by atoms with Gasteiger partial charge in [-0.2, -0.15) is 0 Å². The minimum atomic E-state index is -1.24. The van der Waals surface area contributed by atoms with Crippen molar-refractivity contribution in [3.05, 3.63) is 41.6 Å². The van der Waals surface area contributed by atoms with Crippen molar-refractivity contribution in [2.75, 3.05) is 20.6 Å². The zero-order valence-corrected chi connectivity index (χ0v) is 15.4. The number of nitrogens with zero attached hydrogens (tertiary/aromatic N) is 3. The highest BCUT2D eigenvalue weighted by molar-refractivity contribution is 6.31. The monoisotopic (exact) mass is 364 g/mol. The topological polar surface area (TPSA) is 76.5 Å². The Morgan fingerprint density at radius 3 is 2.52 bits per heavy atom. The van der Waals surface area contributed by atoms with Gasteiger partial charge < -0.3 is 15.0 Å². The summed E-state index contributed by atoms with van der Waals surface area (Å²) in [5.41, 5.74) is -0.426. The predicted octanol–water partition coefficient (Wildman–Crippen LogP) is 1.89. The van der Waals surface area contributed by atoms with E-state index in [0.717, 1.165) is 5.69 Å². The van der Waals surface area contributed by atoms with E-state index in [9.17, 15) is 9.59 Å². The van der Waals surface area contributed by atoms with Gasteiger partial charge in [-0.1, -0.05) is 29.8 Å². The normalized spacial score (nSPS) is 11.1. The number of hydrogen-bond donors (Lipinski definition) is 1. The number of amides is 2. The molecule has 0 atom stereocenters. The minimum absolute atomic E-state index is 0.106. The Balaban J connectivity index is 2.08. The molecule has 7 nitrogen and oxygen atoms in total. The fraction of sp³-hybridized carbons (Fsp3) is 0.353. The molecule has 25 heavy (non-hydrogen) atoms. The molecule has 0 radical (unpaired) electrons. The average Bonchev–Trinajstić information content (AvgIpc) is 2.93. The summed E-state index contributed by atoms with van der Waals surface area (Å²) in [6, 6.07) is 9.40. The Hall–Kier alpha value is -2.54. The van der Waals surface area contributed by atoms with E-state index in [1.54, 1.807) is 38.8 Å². The molecule has 2 amide bonds. The van der Waals surface area contributed by atoms with Crippen molar-refractivity contribution in [2.45, 2.75) is 19.4 Å². The number of benzene rings is 1. The molecular formula is C17H21ClN4O3. The van der Waals surface area contributed by atoms with Crippen LogP contribution in [-0.2, 0) is 9.59 Å². The van der Waals surface area contributed by atoms with Gasteiger partial charge in [-0.05, 0) is 26.0 Å². The molecule has 0 bridgehead atoms. The van der Waals surface area contributed by atoms with Crippen molar-refractivity contribution in [3.63, 3.8) is 0 Å². The van der Waals surface area contributed by atoms with Crippen LogP contribution < -0.4 is 10.1 Å². The van der Waals surface area contributed by atoms with Gasteiger partial charge in [0.05, 0.1) is 18.4 Å². The number of likely N-dealkylation sites (N-methyl/N-ethyl adjacent to an activating group) is 1. The third-order valence-electron chi connectivity index (χ3n) is 3.46. The van der Waals surface area contributed by atoms with Gasteiger partial charge in [0.1, 0.15) is 5.02 Å². The molecule has 2 aromatic rings. The Morgan fingerprint density at radius 1 is 1.28 bits per heavy atom. The second-order valence-electron chi connectivity index (χ2n) is 6.15. The first kappa shape index (κ1) is 18.8. The molecule has 0 saturated heterocycles. The van der Waals surface area contributed by atoms with E-state index in [1.807, 2.05) is 30.3 Å². The first-order valence-corrected chi connectivity index (χ1v) is 8.06. The third-order valence-corrected chi connectivity index (χ3v) is 3.72. The summed E-state index contributed by atoms with van der Waals surface area (Å²) in [7, 11) is 3.23. The van der Waals surface area contributed by atoms with E-state index in [0.29, 0.717) is 0 Å². The van der Waals surface area contributed by atoms with Crippen molar-refractivity contribution in [1.29, 1.82) is 0 Å². The Morgan fingerprint density at radius 2 is 1.92 bits per heavy atom. The van der Waals surface area contributed by atoms with Gasteiger partial charge in [0.25, 0.3) is 11.8 Å². The van der Waals surface area contributed by atoms with Crippen LogP contribution in [0.4, 0.5) is 0 Å². The van der Waals surface area contributed by atoms with Gasteiger partial charge in [-0.15, -0.1) is 5.10 Å². The van der Waals surface area contributed by atoms with Crippen molar-refractivity contribution in [3.8, 4) is 11.6 Å².